The number of ether oxygens (including phenoxy) is 1. The molecule has 180 valence electrons. The first-order valence-electron chi connectivity index (χ1n) is 11.0. The van der Waals surface area contributed by atoms with E-state index in [0.29, 0.717) is 54.2 Å². The number of aryl methyl sites for hydroxylation is 1. The average molecular weight is 477 g/mol. The predicted octanol–water partition coefficient (Wildman–Crippen LogP) is 4.93. The molecule has 1 heterocycles. The Hall–Kier alpha value is -2.81. The van der Waals surface area contributed by atoms with E-state index in [2.05, 4.69) is 16.9 Å². The van der Waals surface area contributed by atoms with Crippen LogP contribution in [0.15, 0.2) is 35.3 Å². The number of carbonyl (C=O) groups is 1. The van der Waals surface area contributed by atoms with Crippen LogP contribution in [0.3, 0.4) is 0 Å². The molecule has 1 amide bonds. The van der Waals surface area contributed by atoms with Crippen LogP contribution in [-0.2, 0) is 20.3 Å². The summed E-state index contributed by atoms with van der Waals surface area (Å²) in [4.78, 5) is 16.4. The molecule has 1 aliphatic carbocycles. The molecule has 1 aromatic carbocycles. The van der Waals surface area contributed by atoms with Gasteiger partial charge in [0.1, 0.15) is 17.1 Å². The van der Waals surface area contributed by atoms with Crippen LogP contribution in [0.5, 0.6) is 0 Å². The molecule has 3 rings (SSSR count). The van der Waals surface area contributed by atoms with Crippen LogP contribution in [0.4, 0.5) is 4.79 Å². The fourth-order valence-electron chi connectivity index (χ4n) is 3.84. The first-order chi connectivity index (χ1) is 15.3. The summed E-state index contributed by atoms with van der Waals surface area (Å²) in [6.07, 6.45) is 1.62. The summed E-state index contributed by atoms with van der Waals surface area (Å²) in [6.45, 7) is 10.6. The number of aliphatic hydroxyl groups excluding tert-OH is 1. The highest BCUT2D eigenvalue weighted by Gasteiger charge is 2.33. The summed E-state index contributed by atoms with van der Waals surface area (Å²) in [5, 5.41) is 11.8. The number of hydrogen-bond acceptors (Lipinski definition) is 7. The van der Waals surface area contributed by atoms with Gasteiger partial charge < -0.3 is 19.6 Å². The lowest BCUT2D eigenvalue weighted by Gasteiger charge is -2.29. The number of nitrogens with one attached hydrogen (secondary N) is 1. The molecule has 1 aliphatic rings. The van der Waals surface area contributed by atoms with Gasteiger partial charge in [-0.25, -0.2) is 18.2 Å². The first kappa shape index (κ1) is 24.8. The standard InChI is InChI=1S/C24H32N2O6S/c1-15(27)17-6-8-18(9-7-17)22-26-21(16(2)31-22)14-33(29,30)20-12-10-19(11-13-20)25-23(28)32-24(3,4)5/h6-9,19-20,27H,1,10-14H2,2-5H3,(H,25,28)/t19-,20+. The molecule has 9 heteroatoms. The molecule has 1 fully saturated rings. The highest BCUT2D eigenvalue weighted by Crippen LogP contribution is 2.29. The van der Waals surface area contributed by atoms with Gasteiger partial charge in [0.25, 0.3) is 0 Å². The van der Waals surface area contributed by atoms with Crippen LogP contribution in [0.25, 0.3) is 17.2 Å². The van der Waals surface area contributed by atoms with Gasteiger partial charge in [0.05, 0.1) is 16.7 Å². The minimum absolute atomic E-state index is 0.0343. The van der Waals surface area contributed by atoms with E-state index in [-0.39, 0.29) is 17.6 Å². The van der Waals surface area contributed by atoms with Crippen molar-refractivity contribution in [2.24, 2.45) is 0 Å². The topological polar surface area (TPSA) is 119 Å². The average Bonchev–Trinajstić information content (AvgIpc) is 3.06. The second kappa shape index (κ2) is 9.59. The highest BCUT2D eigenvalue weighted by molar-refractivity contribution is 7.91. The van der Waals surface area contributed by atoms with E-state index in [1.54, 1.807) is 52.0 Å². The Bertz CT molecular complexity index is 1100. The molecular formula is C24H32N2O6S. The van der Waals surface area contributed by atoms with E-state index >= 15 is 0 Å². The largest absolute Gasteiger partial charge is 0.508 e. The molecule has 33 heavy (non-hydrogen) atoms. The normalized spacial score (nSPS) is 19.2. The molecule has 0 unspecified atom stereocenters. The van der Waals surface area contributed by atoms with Crippen LogP contribution in [0.2, 0.25) is 0 Å². The third-order valence-electron chi connectivity index (χ3n) is 5.60. The Morgan fingerprint density at radius 2 is 1.82 bits per heavy atom. The number of aromatic nitrogens is 1. The van der Waals surface area contributed by atoms with Gasteiger partial charge in [0.2, 0.25) is 5.89 Å². The number of oxazole rings is 1. The second-order valence-electron chi connectivity index (χ2n) is 9.47. The Labute approximate surface area is 195 Å². The van der Waals surface area contributed by atoms with E-state index in [9.17, 15) is 18.3 Å². The quantitative estimate of drug-likeness (QED) is 0.567. The third-order valence-corrected chi connectivity index (χ3v) is 7.76. The zero-order chi connectivity index (χ0) is 24.4. The molecule has 1 saturated carbocycles. The van der Waals surface area contributed by atoms with Crippen LogP contribution in [-0.4, -0.2) is 41.5 Å². The van der Waals surface area contributed by atoms with Gasteiger partial charge in [-0.1, -0.05) is 18.7 Å². The Morgan fingerprint density at radius 3 is 2.36 bits per heavy atom. The lowest BCUT2D eigenvalue weighted by Crippen LogP contribution is -2.42. The van der Waals surface area contributed by atoms with Crippen molar-refractivity contribution in [1.29, 1.82) is 0 Å². The third kappa shape index (κ3) is 6.60. The maximum absolute atomic E-state index is 13.1. The summed E-state index contributed by atoms with van der Waals surface area (Å²) in [5.74, 6) is 0.568. The molecule has 0 bridgehead atoms. The fourth-order valence-corrected chi connectivity index (χ4v) is 5.71. The van der Waals surface area contributed by atoms with Gasteiger partial charge in [-0.15, -0.1) is 0 Å². The monoisotopic (exact) mass is 476 g/mol. The van der Waals surface area contributed by atoms with Crippen molar-refractivity contribution in [3.63, 3.8) is 0 Å². The van der Waals surface area contributed by atoms with E-state index in [0.717, 1.165) is 0 Å². The van der Waals surface area contributed by atoms with Gasteiger partial charge in [0.15, 0.2) is 9.84 Å². The van der Waals surface area contributed by atoms with Crippen molar-refractivity contribution in [3.8, 4) is 11.5 Å². The van der Waals surface area contributed by atoms with E-state index < -0.39 is 26.8 Å². The number of nitrogens with zero attached hydrogens (tertiary/aromatic N) is 1. The number of hydrogen-bond donors (Lipinski definition) is 2. The van der Waals surface area contributed by atoms with Gasteiger partial charge in [0, 0.05) is 17.2 Å². The molecule has 0 aliphatic heterocycles. The summed E-state index contributed by atoms with van der Waals surface area (Å²) in [7, 11) is -3.44. The summed E-state index contributed by atoms with van der Waals surface area (Å²) >= 11 is 0. The number of rotatable bonds is 6. The molecule has 8 nitrogen and oxygen atoms in total. The van der Waals surface area contributed by atoms with Crippen molar-refractivity contribution in [2.45, 2.75) is 76.0 Å². The Balaban J connectivity index is 1.61. The maximum atomic E-state index is 13.1. The van der Waals surface area contributed by atoms with Crippen LogP contribution in [0, 0.1) is 6.92 Å². The highest BCUT2D eigenvalue weighted by atomic mass is 32.2. The van der Waals surface area contributed by atoms with Gasteiger partial charge >= 0.3 is 6.09 Å². The number of carbonyl (C=O) groups excluding carboxylic acids is 1. The predicted molar refractivity (Wildman–Crippen MR) is 126 cm³/mol. The van der Waals surface area contributed by atoms with Gasteiger partial charge in [-0.2, -0.15) is 0 Å². The van der Waals surface area contributed by atoms with Crippen LogP contribution in [0.1, 0.15) is 63.5 Å². The first-order valence-corrected chi connectivity index (χ1v) is 12.7. The van der Waals surface area contributed by atoms with E-state index in [1.165, 1.54) is 0 Å². The van der Waals surface area contributed by atoms with Crippen molar-refractivity contribution in [1.82, 2.24) is 10.3 Å². The smallest absolute Gasteiger partial charge is 0.407 e. The molecular weight excluding hydrogens is 444 g/mol. The maximum Gasteiger partial charge on any atom is 0.407 e. The lowest BCUT2D eigenvalue weighted by atomic mass is 9.95. The Kier molecular flexibility index (Phi) is 7.21. The van der Waals surface area contributed by atoms with Crippen LogP contribution < -0.4 is 5.32 Å². The number of amides is 1. The molecule has 2 aromatic rings. The fraction of sp³-hybridized carbons (Fsp3) is 0.500. The van der Waals surface area contributed by atoms with Gasteiger partial charge in [-0.3, -0.25) is 0 Å². The van der Waals surface area contributed by atoms with Crippen molar-refractivity contribution >= 4 is 21.7 Å². The zero-order valence-electron chi connectivity index (χ0n) is 19.6. The number of sulfone groups is 1. The lowest BCUT2D eigenvalue weighted by molar-refractivity contribution is 0.0493. The molecule has 1 aromatic heterocycles. The molecule has 0 saturated heterocycles. The minimum atomic E-state index is -3.44. The van der Waals surface area contributed by atoms with E-state index in [1.807, 2.05) is 0 Å². The summed E-state index contributed by atoms with van der Waals surface area (Å²) in [6, 6.07) is 6.76. The number of alkyl carbamates (subject to hydrolysis) is 1. The van der Waals surface area contributed by atoms with E-state index in [4.69, 9.17) is 9.15 Å². The summed E-state index contributed by atoms with van der Waals surface area (Å²) in [5.41, 5.74) is 1.09. The van der Waals surface area contributed by atoms with Crippen molar-refractivity contribution in [2.75, 3.05) is 0 Å². The minimum Gasteiger partial charge on any atom is -0.508 e. The Morgan fingerprint density at radius 1 is 1.21 bits per heavy atom. The molecule has 0 radical (unpaired) electrons. The summed E-state index contributed by atoms with van der Waals surface area (Å²) < 4.78 is 37.1. The second-order valence-corrected chi connectivity index (χ2v) is 11.8. The van der Waals surface area contributed by atoms with Crippen molar-refractivity contribution in [3.05, 3.63) is 47.9 Å². The SMILES string of the molecule is C=C(O)c1ccc(-c2nc(CS(=O)(=O)[C@H]3CC[C@@H](NC(=O)OC(C)(C)C)CC3)c(C)o2)cc1. The van der Waals surface area contributed by atoms with Crippen LogP contribution >= 0.6 is 0 Å². The van der Waals surface area contributed by atoms with Gasteiger partial charge in [-0.05, 0) is 65.5 Å². The zero-order valence-corrected chi connectivity index (χ0v) is 20.4. The molecule has 2 N–H and O–H groups in total. The molecule has 0 atom stereocenters. The molecule has 0 spiro atoms. The number of aliphatic hydroxyl groups is 1. The van der Waals surface area contributed by atoms with Crippen molar-refractivity contribution < 1.29 is 27.5 Å². The number of benzene rings is 1.